The monoisotopic (exact) mass is 998 g/mol. The van der Waals surface area contributed by atoms with E-state index in [1.54, 1.807) is 0 Å². The molecule has 4 heterocycles. The molecule has 6 heteroatoms. The molecule has 0 radical (unpaired) electrons. The number of fused-ring (bicyclic) bond motifs is 14. The van der Waals surface area contributed by atoms with Crippen LogP contribution in [-0.4, -0.2) is 9.13 Å². The van der Waals surface area contributed by atoms with Crippen LogP contribution in [0.2, 0.25) is 0 Å². The van der Waals surface area contributed by atoms with Crippen molar-refractivity contribution in [2.24, 2.45) is 0 Å². The SMILES string of the molecule is c1ccc(N(c2ccccc2)c2ccc(-c3ccc(N(c4ccccc4)c4ccc(-n5c6ccccc6c6c7oc8c(ccc9c8c8ccccc8n9-c8ccc9oc%10ccccc%10c9c8)c7ccc65)cc4)cc3)cc2)cc1. The first-order chi connectivity index (χ1) is 38.7. The average molecular weight is 999 g/mol. The van der Waals surface area contributed by atoms with Crippen molar-refractivity contribution in [3.05, 3.63) is 279 Å². The molecule has 0 amide bonds. The lowest BCUT2D eigenvalue weighted by Gasteiger charge is -2.26. The van der Waals surface area contributed by atoms with Crippen LogP contribution >= 0.6 is 0 Å². The fourth-order valence-corrected chi connectivity index (χ4v) is 12.2. The van der Waals surface area contributed by atoms with Crippen LogP contribution in [0.15, 0.2) is 288 Å². The van der Waals surface area contributed by atoms with Gasteiger partial charge in [-0.05, 0) is 157 Å². The van der Waals surface area contributed by atoms with Crippen LogP contribution in [0.25, 0.3) is 110 Å². The van der Waals surface area contributed by atoms with Gasteiger partial charge in [0.2, 0.25) is 0 Å². The Balaban J connectivity index is 0.771. The minimum absolute atomic E-state index is 0.879. The van der Waals surface area contributed by atoms with Crippen LogP contribution in [-0.2, 0) is 0 Å². The van der Waals surface area contributed by atoms with E-state index in [0.717, 1.165) is 144 Å². The van der Waals surface area contributed by atoms with Crippen molar-refractivity contribution < 1.29 is 8.83 Å². The molecule has 0 aliphatic carbocycles. The van der Waals surface area contributed by atoms with Crippen LogP contribution in [0.3, 0.4) is 0 Å². The van der Waals surface area contributed by atoms with E-state index in [1.807, 2.05) is 12.1 Å². The Morgan fingerprint density at radius 2 is 0.628 bits per heavy atom. The van der Waals surface area contributed by atoms with Crippen molar-refractivity contribution in [2.45, 2.75) is 0 Å². The van der Waals surface area contributed by atoms with Gasteiger partial charge in [-0.2, -0.15) is 0 Å². The number of rotatable bonds is 9. The van der Waals surface area contributed by atoms with Gasteiger partial charge in [-0.15, -0.1) is 0 Å². The van der Waals surface area contributed by atoms with E-state index in [4.69, 9.17) is 8.83 Å². The zero-order valence-electron chi connectivity index (χ0n) is 42.2. The zero-order valence-corrected chi connectivity index (χ0v) is 42.2. The van der Waals surface area contributed by atoms with E-state index >= 15 is 0 Å². The molecule has 0 saturated heterocycles. The zero-order chi connectivity index (χ0) is 51.3. The third-order valence-corrected chi connectivity index (χ3v) is 15.7. The molecule has 0 bridgehead atoms. The topological polar surface area (TPSA) is 42.6 Å². The maximum absolute atomic E-state index is 7.29. The van der Waals surface area contributed by atoms with Gasteiger partial charge in [0.25, 0.3) is 0 Å². The highest BCUT2D eigenvalue weighted by Gasteiger charge is 2.24. The molecule has 6 nitrogen and oxygen atoms in total. The summed E-state index contributed by atoms with van der Waals surface area (Å²) in [6.07, 6.45) is 0. The van der Waals surface area contributed by atoms with Gasteiger partial charge in [0.1, 0.15) is 22.3 Å². The van der Waals surface area contributed by atoms with Crippen LogP contribution in [0.5, 0.6) is 0 Å². The predicted molar refractivity (Wildman–Crippen MR) is 324 cm³/mol. The molecule has 16 aromatic rings. The molecule has 0 atom stereocenters. The number of nitrogens with zero attached hydrogens (tertiary/aromatic N) is 4. The first-order valence-electron chi connectivity index (χ1n) is 26.5. The number of benzene rings is 12. The van der Waals surface area contributed by atoms with Gasteiger partial charge >= 0.3 is 0 Å². The lowest BCUT2D eigenvalue weighted by molar-refractivity contribution is 0.669. The summed E-state index contributed by atoms with van der Waals surface area (Å²) in [6, 6.07) is 99.6. The molecule has 0 saturated carbocycles. The summed E-state index contributed by atoms with van der Waals surface area (Å²) < 4.78 is 18.3. The Kier molecular flexibility index (Phi) is 9.84. The van der Waals surface area contributed by atoms with E-state index in [1.165, 1.54) is 0 Å². The van der Waals surface area contributed by atoms with Gasteiger partial charge in [-0.3, -0.25) is 0 Å². The smallest absolute Gasteiger partial charge is 0.145 e. The lowest BCUT2D eigenvalue weighted by Crippen LogP contribution is -2.10. The van der Waals surface area contributed by atoms with Crippen LogP contribution in [0, 0.1) is 0 Å². The molecule has 0 spiro atoms. The highest BCUT2D eigenvalue weighted by atomic mass is 16.3. The highest BCUT2D eigenvalue weighted by Crippen LogP contribution is 2.46. The third-order valence-electron chi connectivity index (χ3n) is 15.7. The summed E-state index contributed by atoms with van der Waals surface area (Å²) in [5.74, 6) is 0. The quantitative estimate of drug-likeness (QED) is 0.145. The van der Waals surface area contributed by atoms with Gasteiger partial charge in [-0.25, -0.2) is 0 Å². The van der Waals surface area contributed by atoms with Gasteiger partial charge in [-0.1, -0.05) is 133 Å². The van der Waals surface area contributed by atoms with Gasteiger partial charge in [0.15, 0.2) is 0 Å². The number of hydrogen-bond acceptors (Lipinski definition) is 4. The van der Waals surface area contributed by atoms with E-state index in [0.29, 0.717) is 0 Å². The lowest BCUT2D eigenvalue weighted by atomic mass is 10.0. The Hall–Kier alpha value is -10.6. The molecule has 0 fully saturated rings. The molecule has 4 aromatic heterocycles. The molecule has 0 unspecified atom stereocenters. The predicted octanol–water partition coefficient (Wildman–Crippen LogP) is 20.3. The molecular formula is C72H46N4O2. The maximum atomic E-state index is 7.29. The summed E-state index contributed by atoms with van der Waals surface area (Å²) in [7, 11) is 0. The molecule has 0 aliphatic heterocycles. The minimum Gasteiger partial charge on any atom is -0.456 e. The first kappa shape index (κ1) is 43.8. The average Bonchev–Trinajstić information content (AvgIpc) is 4.35. The van der Waals surface area contributed by atoms with Crippen LogP contribution in [0.1, 0.15) is 0 Å². The number of furan rings is 2. The van der Waals surface area contributed by atoms with Crippen molar-refractivity contribution in [2.75, 3.05) is 9.80 Å². The van der Waals surface area contributed by atoms with E-state index in [2.05, 4.69) is 286 Å². The van der Waals surface area contributed by atoms with Gasteiger partial charge in [0.05, 0.1) is 32.8 Å². The minimum atomic E-state index is 0.879. The fraction of sp³-hybridized carbons (Fsp3) is 0. The Morgan fingerprint density at radius 1 is 0.244 bits per heavy atom. The molecule has 0 aliphatic rings. The standard InChI is InChI=1S/C72H46N4O2/c1-4-16-49(17-5-1)73(50-18-6-2-7-19-50)52-32-28-47(29-33-52)48-30-34-53(35-31-48)74(51-20-8-3-9-21-51)54-36-38-55(39-37-54)75-63-25-13-10-23-60(63)69-65(75)43-41-58-59-42-44-66-70(72(59)78-71(58)69)61-24-11-14-26-64(61)76(66)56-40-45-68-62(46-56)57-22-12-15-27-67(57)77-68/h1-46H. The molecule has 78 heavy (non-hydrogen) atoms. The fourth-order valence-electron chi connectivity index (χ4n) is 12.2. The Labute approximate surface area is 448 Å². The van der Waals surface area contributed by atoms with Gasteiger partial charge in [0, 0.05) is 77.8 Å². The largest absolute Gasteiger partial charge is 0.456 e. The molecular weight excluding hydrogens is 953 g/mol. The van der Waals surface area contributed by atoms with Crippen LogP contribution < -0.4 is 9.80 Å². The number of para-hydroxylation sites is 6. The summed E-state index contributed by atoms with van der Waals surface area (Å²) in [5.41, 5.74) is 19.0. The van der Waals surface area contributed by atoms with Crippen molar-refractivity contribution >= 4 is 122 Å². The third kappa shape index (κ3) is 6.83. The summed E-state index contributed by atoms with van der Waals surface area (Å²) in [5, 5.41) is 8.90. The van der Waals surface area contributed by atoms with Crippen molar-refractivity contribution in [1.82, 2.24) is 9.13 Å². The maximum Gasteiger partial charge on any atom is 0.145 e. The second-order valence-corrected chi connectivity index (χ2v) is 20.0. The van der Waals surface area contributed by atoms with Crippen molar-refractivity contribution in [1.29, 1.82) is 0 Å². The number of aromatic nitrogens is 2. The van der Waals surface area contributed by atoms with Gasteiger partial charge < -0.3 is 27.8 Å². The number of anilines is 6. The summed E-state index contributed by atoms with van der Waals surface area (Å²) in [6.45, 7) is 0. The Bertz CT molecular complexity index is 4900. The second kappa shape index (κ2) is 17.5. The normalized spacial score (nSPS) is 11.8. The van der Waals surface area contributed by atoms with Crippen molar-refractivity contribution in [3.63, 3.8) is 0 Å². The molecule has 0 N–H and O–H groups in total. The first-order valence-corrected chi connectivity index (χ1v) is 26.5. The highest BCUT2D eigenvalue weighted by molar-refractivity contribution is 6.29. The Morgan fingerprint density at radius 3 is 1.13 bits per heavy atom. The van der Waals surface area contributed by atoms with E-state index < -0.39 is 0 Å². The second-order valence-electron chi connectivity index (χ2n) is 20.0. The summed E-state index contributed by atoms with van der Waals surface area (Å²) >= 11 is 0. The molecule has 366 valence electrons. The van der Waals surface area contributed by atoms with E-state index in [-0.39, 0.29) is 0 Å². The number of hydrogen-bond donors (Lipinski definition) is 0. The molecule has 12 aromatic carbocycles. The molecule has 16 rings (SSSR count). The van der Waals surface area contributed by atoms with Crippen molar-refractivity contribution in [3.8, 4) is 22.5 Å². The summed E-state index contributed by atoms with van der Waals surface area (Å²) in [4.78, 5) is 4.62. The van der Waals surface area contributed by atoms with Crippen LogP contribution in [0.4, 0.5) is 34.1 Å². The van der Waals surface area contributed by atoms with E-state index in [9.17, 15) is 0 Å².